The van der Waals surface area contributed by atoms with E-state index >= 15 is 0 Å². The van der Waals surface area contributed by atoms with E-state index in [0.29, 0.717) is 31.9 Å². The summed E-state index contributed by atoms with van der Waals surface area (Å²) >= 11 is 0. The predicted octanol–water partition coefficient (Wildman–Crippen LogP) is 3.06. The van der Waals surface area contributed by atoms with Crippen LogP contribution < -0.4 is 4.90 Å². The van der Waals surface area contributed by atoms with Crippen molar-refractivity contribution in [3.63, 3.8) is 0 Å². The minimum Gasteiger partial charge on any atom is -0.367 e. The van der Waals surface area contributed by atoms with Crippen LogP contribution in [0.1, 0.15) is 38.9 Å². The SMILES string of the molecule is CCN(CC)S(=O)(=O)c1ccc(N2CC(C(=O)N3CC(C)OC(c4ccccc4)C3)CC2=O)cc1. The molecule has 2 fully saturated rings. The van der Waals surface area contributed by atoms with Crippen LogP contribution in [-0.2, 0) is 24.3 Å². The van der Waals surface area contributed by atoms with Crippen molar-refractivity contribution in [2.45, 2.75) is 44.3 Å². The second-order valence-corrected chi connectivity index (χ2v) is 11.0. The molecule has 2 aliphatic heterocycles. The zero-order chi connectivity index (χ0) is 25.2. The summed E-state index contributed by atoms with van der Waals surface area (Å²) in [6.45, 7) is 7.55. The molecule has 2 heterocycles. The van der Waals surface area contributed by atoms with Gasteiger partial charge in [0, 0.05) is 38.3 Å². The van der Waals surface area contributed by atoms with Crippen LogP contribution >= 0.6 is 0 Å². The van der Waals surface area contributed by atoms with E-state index in [2.05, 4.69) is 0 Å². The van der Waals surface area contributed by atoms with E-state index in [9.17, 15) is 18.0 Å². The number of anilines is 1. The van der Waals surface area contributed by atoms with Crippen LogP contribution in [0.4, 0.5) is 5.69 Å². The van der Waals surface area contributed by atoms with Crippen molar-refractivity contribution in [1.82, 2.24) is 9.21 Å². The van der Waals surface area contributed by atoms with E-state index in [0.717, 1.165) is 5.56 Å². The average molecular weight is 500 g/mol. The summed E-state index contributed by atoms with van der Waals surface area (Å²) in [5.41, 5.74) is 1.63. The maximum absolute atomic E-state index is 13.4. The Bertz CT molecular complexity index is 1150. The van der Waals surface area contributed by atoms with Crippen LogP contribution in [0.15, 0.2) is 59.5 Å². The van der Waals surface area contributed by atoms with Crippen molar-refractivity contribution in [2.24, 2.45) is 5.92 Å². The van der Waals surface area contributed by atoms with Crippen LogP contribution in [0.5, 0.6) is 0 Å². The van der Waals surface area contributed by atoms with Crippen molar-refractivity contribution in [1.29, 1.82) is 0 Å². The number of hydrogen-bond donors (Lipinski definition) is 0. The summed E-state index contributed by atoms with van der Waals surface area (Å²) < 4.78 is 33.0. The molecule has 0 radical (unpaired) electrons. The molecule has 0 aromatic heterocycles. The Morgan fingerprint density at radius 2 is 1.66 bits per heavy atom. The first-order valence-corrected chi connectivity index (χ1v) is 13.6. The molecule has 2 aromatic rings. The average Bonchev–Trinajstić information content (AvgIpc) is 3.26. The van der Waals surface area contributed by atoms with Gasteiger partial charge in [-0.2, -0.15) is 4.31 Å². The van der Waals surface area contributed by atoms with Crippen LogP contribution in [0.2, 0.25) is 0 Å². The standard InChI is InChI=1S/C26H33N3O5S/c1-4-28(5-2)35(32,33)23-13-11-22(12-14-23)29-17-21(15-25(29)30)26(31)27-16-19(3)34-24(18-27)20-9-7-6-8-10-20/h6-14,19,21,24H,4-5,15-18H2,1-3H3. The van der Waals surface area contributed by atoms with Crippen molar-refractivity contribution in [3.8, 4) is 0 Å². The second-order valence-electron chi connectivity index (χ2n) is 9.08. The lowest BCUT2D eigenvalue weighted by atomic mass is 10.0. The Morgan fingerprint density at radius 1 is 1.00 bits per heavy atom. The normalized spacial score (nSPS) is 23.2. The zero-order valence-electron chi connectivity index (χ0n) is 20.5. The molecule has 35 heavy (non-hydrogen) atoms. The molecule has 3 unspecified atom stereocenters. The number of sulfonamides is 1. The summed E-state index contributed by atoms with van der Waals surface area (Å²) in [5, 5.41) is 0. The lowest BCUT2D eigenvalue weighted by molar-refractivity contribution is -0.148. The fourth-order valence-electron chi connectivity index (χ4n) is 4.87. The van der Waals surface area contributed by atoms with Crippen LogP contribution in [-0.4, -0.2) is 68.3 Å². The van der Waals surface area contributed by atoms with Gasteiger partial charge < -0.3 is 14.5 Å². The van der Waals surface area contributed by atoms with Gasteiger partial charge >= 0.3 is 0 Å². The third kappa shape index (κ3) is 5.27. The van der Waals surface area contributed by atoms with E-state index in [1.165, 1.54) is 16.4 Å². The van der Waals surface area contributed by atoms with Gasteiger partial charge in [-0.3, -0.25) is 9.59 Å². The fraction of sp³-hybridized carbons (Fsp3) is 0.462. The monoisotopic (exact) mass is 499 g/mol. The molecular formula is C26H33N3O5S. The molecule has 9 heteroatoms. The van der Waals surface area contributed by atoms with Crippen LogP contribution in [0.25, 0.3) is 0 Å². The molecule has 4 rings (SSSR count). The van der Waals surface area contributed by atoms with Gasteiger partial charge in [-0.15, -0.1) is 0 Å². The summed E-state index contributed by atoms with van der Waals surface area (Å²) in [7, 11) is -3.57. The Hall–Kier alpha value is -2.75. The topological polar surface area (TPSA) is 87.2 Å². The third-order valence-corrected chi connectivity index (χ3v) is 8.77. The highest BCUT2D eigenvalue weighted by Crippen LogP contribution is 2.31. The largest absolute Gasteiger partial charge is 0.367 e. The van der Waals surface area contributed by atoms with Crippen LogP contribution in [0.3, 0.4) is 0 Å². The Morgan fingerprint density at radius 3 is 2.29 bits per heavy atom. The van der Waals surface area contributed by atoms with Crippen molar-refractivity contribution in [3.05, 3.63) is 60.2 Å². The molecule has 0 saturated carbocycles. The van der Waals surface area contributed by atoms with Crippen molar-refractivity contribution >= 4 is 27.5 Å². The molecule has 0 N–H and O–H groups in total. The van der Waals surface area contributed by atoms with Gasteiger partial charge in [-0.1, -0.05) is 44.2 Å². The number of nitrogens with zero attached hydrogens (tertiary/aromatic N) is 3. The van der Waals surface area contributed by atoms with Crippen LogP contribution in [0, 0.1) is 5.92 Å². The first-order chi connectivity index (χ1) is 16.7. The molecule has 0 bridgehead atoms. The number of rotatable bonds is 7. The fourth-order valence-corrected chi connectivity index (χ4v) is 6.33. The minimum absolute atomic E-state index is 0.0438. The number of carbonyl (C=O) groups excluding carboxylic acids is 2. The van der Waals surface area contributed by atoms with Crippen molar-refractivity contribution in [2.75, 3.05) is 37.6 Å². The summed E-state index contributed by atoms with van der Waals surface area (Å²) in [6, 6.07) is 16.2. The van der Waals surface area contributed by atoms with Gasteiger partial charge in [-0.05, 0) is 36.8 Å². The highest BCUT2D eigenvalue weighted by molar-refractivity contribution is 7.89. The quantitative estimate of drug-likeness (QED) is 0.584. The van der Waals surface area contributed by atoms with E-state index in [-0.39, 0.29) is 41.9 Å². The first-order valence-electron chi connectivity index (χ1n) is 12.1. The van der Waals surface area contributed by atoms with Gasteiger partial charge in [0.15, 0.2) is 0 Å². The van der Waals surface area contributed by atoms with E-state index in [1.807, 2.05) is 42.2 Å². The lowest BCUT2D eigenvalue weighted by Crippen LogP contribution is -2.48. The molecule has 2 aliphatic rings. The number of amides is 2. The lowest BCUT2D eigenvalue weighted by Gasteiger charge is -2.38. The van der Waals surface area contributed by atoms with E-state index in [1.54, 1.807) is 30.9 Å². The van der Waals surface area contributed by atoms with Gasteiger partial charge in [0.1, 0.15) is 6.10 Å². The first kappa shape index (κ1) is 25.3. The van der Waals surface area contributed by atoms with E-state index < -0.39 is 15.9 Å². The molecule has 8 nitrogen and oxygen atoms in total. The number of hydrogen-bond acceptors (Lipinski definition) is 5. The molecule has 3 atom stereocenters. The van der Waals surface area contributed by atoms with Gasteiger partial charge in [0.05, 0.1) is 23.5 Å². The summed E-state index contributed by atoms with van der Waals surface area (Å²) in [6.07, 6.45) is -0.163. The predicted molar refractivity (Wildman–Crippen MR) is 133 cm³/mol. The molecule has 2 saturated heterocycles. The number of carbonyl (C=O) groups is 2. The molecule has 2 aromatic carbocycles. The Labute approximate surface area is 207 Å². The number of ether oxygens (including phenoxy) is 1. The molecule has 0 aliphatic carbocycles. The molecule has 0 spiro atoms. The minimum atomic E-state index is -3.57. The van der Waals surface area contributed by atoms with Gasteiger partial charge in [0.25, 0.3) is 0 Å². The molecule has 188 valence electrons. The maximum atomic E-state index is 13.4. The number of benzene rings is 2. The zero-order valence-corrected chi connectivity index (χ0v) is 21.3. The van der Waals surface area contributed by atoms with Crippen molar-refractivity contribution < 1.29 is 22.7 Å². The smallest absolute Gasteiger partial charge is 0.243 e. The molecular weight excluding hydrogens is 466 g/mol. The van der Waals surface area contributed by atoms with E-state index in [4.69, 9.17) is 4.74 Å². The molecule has 2 amide bonds. The van der Waals surface area contributed by atoms with Gasteiger partial charge in [-0.25, -0.2) is 8.42 Å². The highest BCUT2D eigenvalue weighted by atomic mass is 32.2. The summed E-state index contributed by atoms with van der Waals surface area (Å²) in [4.78, 5) is 29.8. The third-order valence-electron chi connectivity index (χ3n) is 6.71. The summed E-state index contributed by atoms with van der Waals surface area (Å²) in [5.74, 6) is -0.621. The highest BCUT2D eigenvalue weighted by Gasteiger charge is 2.39. The maximum Gasteiger partial charge on any atom is 0.243 e. The Balaban J connectivity index is 1.45. The number of morpholine rings is 1. The van der Waals surface area contributed by atoms with Gasteiger partial charge in [0.2, 0.25) is 21.8 Å². The Kier molecular flexibility index (Phi) is 7.59. The second kappa shape index (κ2) is 10.5.